The molecule has 11 nitrogen and oxygen atoms in total. The monoisotopic (exact) mass is 684 g/mol. The molecule has 50 heavy (non-hydrogen) atoms. The first-order valence-electron chi connectivity index (χ1n) is 16.1. The second-order valence-electron chi connectivity index (χ2n) is 12.5. The van der Waals surface area contributed by atoms with Crippen molar-refractivity contribution in [3.8, 4) is 34.4 Å². The van der Waals surface area contributed by atoms with Gasteiger partial charge >= 0.3 is 0 Å². The first-order chi connectivity index (χ1) is 24.1. The van der Waals surface area contributed by atoms with Crippen LogP contribution in [-0.4, -0.2) is 71.0 Å². The number of β-amino-alcohol motifs (C(OH)–C–C–N with tert-alkyl or cyclic N) is 1. The molecule has 1 fully saturated rings. The van der Waals surface area contributed by atoms with E-state index in [9.17, 15) is 19.1 Å². The van der Waals surface area contributed by atoms with Crippen molar-refractivity contribution in [2.45, 2.75) is 25.4 Å². The minimum absolute atomic E-state index is 0.0886. The van der Waals surface area contributed by atoms with Gasteiger partial charge in [0.05, 0.1) is 31.4 Å². The number of hydrogen-bond donors (Lipinski definition) is 2. The summed E-state index contributed by atoms with van der Waals surface area (Å²) in [5, 5.41) is 13.1. The number of hydrogen-bond acceptors (Lipinski definition) is 9. The van der Waals surface area contributed by atoms with Crippen LogP contribution in [0.3, 0.4) is 0 Å². The Labute approximate surface area is 285 Å². The van der Waals surface area contributed by atoms with Crippen molar-refractivity contribution in [3.63, 3.8) is 0 Å². The van der Waals surface area contributed by atoms with Gasteiger partial charge in [0.15, 0.2) is 23.1 Å². The third kappa shape index (κ3) is 6.69. The van der Waals surface area contributed by atoms with Gasteiger partial charge in [-0.1, -0.05) is 0 Å². The lowest BCUT2D eigenvalue weighted by Crippen LogP contribution is -2.59. The van der Waals surface area contributed by atoms with Gasteiger partial charge in [-0.05, 0) is 61.9 Å². The van der Waals surface area contributed by atoms with Gasteiger partial charge in [-0.15, -0.1) is 0 Å². The van der Waals surface area contributed by atoms with Crippen LogP contribution < -0.4 is 29.8 Å². The van der Waals surface area contributed by atoms with Gasteiger partial charge in [0.2, 0.25) is 0 Å². The third-order valence-corrected chi connectivity index (χ3v) is 8.59. The molecule has 1 amide bonds. The fraction of sp³-hybridized carbons (Fsp3) is 0.270. The number of likely N-dealkylation sites (tertiary alicyclic amines) is 1. The van der Waals surface area contributed by atoms with E-state index >= 15 is 4.39 Å². The summed E-state index contributed by atoms with van der Waals surface area (Å²) >= 11 is 0. The minimum atomic E-state index is -0.781. The first-order valence-corrected chi connectivity index (χ1v) is 16.1. The maximum absolute atomic E-state index is 15.4. The number of carbonyl (C=O) groups is 1. The molecular weight excluding hydrogens is 650 g/mol. The topological polar surface area (TPSA) is 124 Å². The Hall–Kier alpha value is -5.53. The van der Waals surface area contributed by atoms with E-state index in [1.54, 1.807) is 24.4 Å². The van der Waals surface area contributed by atoms with Gasteiger partial charge in [0, 0.05) is 72.9 Å². The third-order valence-electron chi connectivity index (χ3n) is 8.59. The van der Waals surface area contributed by atoms with E-state index in [2.05, 4.69) is 15.2 Å². The lowest BCUT2D eigenvalue weighted by Gasteiger charge is -2.44. The number of nitrogens with zero attached hydrogens (tertiary/aromatic N) is 3. The average molecular weight is 685 g/mol. The highest BCUT2D eigenvalue weighted by Gasteiger charge is 2.35. The molecular formula is C37H34F2N4O7. The standard InChI is InChI=1S/C37H34F2N4O7/c1-37(46)20-42(21-37)13-3-14-48-32-18-28-26(17-31(32)47-2)29(10-12-40-28)50-30-9-6-24(16-27(30)39)41-35(44)33-34-22(11-15-49-34)19-43(36(33)45)25-7-4-23(38)5-8-25/h4-10,12,16-19,46H,3,11,13-15,20-21H2,1-2H3,(H,41,44). The molecule has 0 radical (unpaired) electrons. The van der Waals surface area contributed by atoms with Crippen LogP contribution in [0.25, 0.3) is 16.6 Å². The lowest BCUT2D eigenvalue weighted by molar-refractivity contribution is -0.0840. The second kappa shape index (κ2) is 13.4. The highest BCUT2D eigenvalue weighted by molar-refractivity contribution is 6.06. The van der Waals surface area contributed by atoms with Crippen molar-refractivity contribution < 1.29 is 37.6 Å². The van der Waals surface area contributed by atoms with Crippen LogP contribution in [0.4, 0.5) is 14.5 Å². The maximum Gasteiger partial charge on any atom is 0.271 e. The Morgan fingerprint density at radius 1 is 1.04 bits per heavy atom. The summed E-state index contributed by atoms with van der Waals surface area (Å²) in [6.07, 6.45) is 4.36. The number of halogens is 2. The Morgan fingerprint density at radius 2 is 1.84 bits per heavy atom. The van der Waals surface area contributed by atoms with Gasteiger partial charge in [-0.2, -0.15) is 0 Å². The molecule has 0 aliphatic carbocycles. The van der Waals surface area contributed by atoms with Crippen molar-refractivity contribution >= 4 is 22.5 Å². The zero-order valence-corrected chi connectivity index (χ0v) is 27.4. The van der Waals surface area contributed by atoms with Crippen molar-refractivity contribution in [2.24, 2.45) is 0 Å². The number of carbonyl (C=O) groups excluding carboxylic acids is 1. The highest BCUT2D eigenvalue weighted by atomic mass is 19.1. The average Bonchev–Trinajstić information content (AvgIpc) is 3.55. The molecule has 258 valence electrons. The molecule has 7 rings (SSSR count). The summed E-state index contributed by atoms with van der Waals surface area (Å²) in [5.74, 6) is -0.668. The molecule has 4 heterocycles. The predicted octanol–water partition coefficient (Wildman–Crippen LogP) is 5.49. The molecule has 0 atom stereocenters. The fourth-order valence-corrected chi connectivity index (χ4v) is 6.26. The number of aliphatic hydroxyl groups is 1. The number of pyridine rings is 2. The summed E-state index contributed by atoms with van der Waals surface area (Å²) in [7, 11) is 1.52. The SMILES string of the molecule is COc1cc2c(Oc3ccc(NC(=O)c4c5c(cn(-c6ccc(F)cc6)c4=O)CCO5)cc3F)ccnc2cc1OCCCN1CC(C)(O)C1. The zero-order valence-electron chi connectivity index (χ0n) is 27.4. The molecule has 0 unspecified atom stereocenters. The largest absolute Gasteiger partial charge is 0.493 e. The number of aromatic nitrogens is 2. The smallest absolute Gasteiger partial charge is 0.271 e. The number of ether oxygens (including phenoxy) is 4. The van der Waals surface area contributed by atoms with Crippen molar-refractivity contribution in [2.75, 3.05) is 45.3 Å². The minimum Gasteiger partial charge on any atom is -0.493 e. The van der Waals surface area contributed by atoms with E-state index in [-0.39, 0.29) is 29.4 Å². The van der Waals surface area contributed by atoms with Crippen LogP contribution in [0, 0.1) is 11.6 Å². The summed E-state index contributed by atoms with van der Waals surface area (Å²) < 4.78 is 53.4. The molecule has 0 saturated carbocycles. The lowest BCUT2D eigenvalue weighted by atomic mass is 9.97. The molecule has 2 N–H and O–H groups in total. The van der Waals surface area contributed by atoms with Crippen LogP contribution in [0.1, 0.15) is 29.3 Å². The van der Waals surface area contributed by atoms with Crippen LogP contribution in [0.2, 0.25) is 0 Å². The summed E-state index contributed by atoms with van der Waals surface area (Å²) in [6.45, 7) is 4.64. The Balaban J connectivity index is 1.07. The van der Waals surface area contributed by atoms with Gasteiger partial charge in [-0.25, -0.2) is 8.78 Å². The second-order valence-corrected chi connectivity index (χ2v) is 12.5. The number of fused-ring (bicyclic) bond motifs is 2. The molecule has 2 aliphatic rings. The number of anilines is 1. The molecule has 13 heteroatoms. The zero-order chi connectivity index (χ0) is 35.0. The van der Waals surface area contributed by atoms with Crippen LogP contribution in [0.5, 0.6) is 28.7 Å². The quantitative estimate of drug-likeness (QED) is 0.174. The molecule has 1 saturated heterocycles. The molecule has 2 aromatic heterocycles. The maximum atomic E-state index is 15.4. The molecule has 2 aliphatic heterocycles. The van der Waals surface area contributed by atoms with Crippen LogP contribution in [-0.2, 0) is 6.42 Å². The molecule has 0 spiro atoms. The Kier molecular flexibility index (Phi) is 8.85. The van der Waals surface area contributed by atoms with Gasteiger partial charge < -0.3 is 29.4 Å². The van der Waals surface area contributed by atoms with Gasteiger partial charge in [0.25, 0.3) is 11.5 Å². The van der Waals surface area contributed by atoms with E-state index in [1.165, 1.54) is 54.3 Å². The van der Waals surface area contributed by atoms with E-state index < -0.39 is 28.7 Å². The van der Waals surface area contributed by atoms with E-state index in [1.807, 2.05) is 6.92 Å². The molecule has 5 aromatic rings. The van der Waals surface area contributed by atoms with Crippen molar-refractivity contribution in [1.29, 1.82) is 0 Å². The number of rotatable bonds is 11. The van der Waals surface area contributed by atoms with Gasteiger partial charge in [-0.3, -0.25) is 24.0 Å². The fourth-order valence-electron chi connectivity index (χ4n) is 6.26. The molecule has 0 bridgehead atoms. The van der Waals surface area contributed by atoms with Crippen molar-refractivity contribution in [3.05, 3.63) is 106 Å². The summed E-state index contributed by atoms with van der Waals surface area (Å²) in [4.78, 5) is 33.5. The van der Waals surface area contributed by atoms with Gasteiger partial charge in [0.1, 0.15) is 22.9 Å². The van der Waals surface area contributed by atoms with E-state index in [0.29, 0.717) is 65.5 Å². The predicted molar refractivity (Wildman–Crippen MR) is 181 cm³/mol. The van der Waals surface area contributed by atoms with E-state index in [0.717, 1.165) is 19.0 Å². The van der Waals surface area contributed by atoms with Crippen LogP contribution in [0.15, 0.2) is 77.9 Å². The summed E-state index contributed by atoms with van der Waals surface area (Å²) in [5.41, 5.74) is 0.144. The Morgan fingerprint density at radius 3 is 2.58 bits per heavy atom. The summed E-state index contributed by atoms with van der Waals surface area (Å²) in [6, 6.07) is 14.3. The first kappa shape index (κ1) is 33.0. The number of amides is 1. The van der Waals surface area contributed by atoms with Crippen molar-refractivity contribution in [1.82, 2.24) is 14.5 Å². The number of methoxy groups -OCH3 is 1. The number of benzene rings is 3. The van der Waals surface area contributed by atoms with Crippen LogP contribution >= 0.6 is 0 Å². The Bertz CT molecular complexity index is 2150. The normalized spacial score (nSPS) is 14.8. The molecule has 3 aromatic carbocycles. The van der Waals surface area contributed by atoms with E-state index in [4.69, 9.17) is 18.9 Å². The highest BCUT2D eigenvalue weighted by Crippen LogP contribution is 2.38. The number of nitrogens with one attached hydrogen (secondary N) is 1.